The zero-order valence-electron chi connectivity index (χ0n) is 23.3. The van der Waals surface area contributed by atoms with Gasteiger partial charge < -0.3 is 15.0 Å². The molecule has 0 radical (unpaired) electrons. The first-order valence-corrected chi connectivity index (χ1v) is 14.1. The molecule has 2 N–H and O–H groups in total. The second-order valence-corrected chi connectivity index (χ2v) is 10.3. The van der Waals surface area contributed by atoms with E-state index >= 15 is 0 Å². The van der Waals surface area contributed by atoms with Crippen LogP contribution in [0.2, 0.25) is 0 Å². The molecule has 2 aliphatic heterocycles. The van der Waals surface area contributed by atoms with E-state index in [0.717, 1.165) is 31.2 Å². The summed E-state index contributed by atoms with van der Waals surface area (Å²) in [4.78, 5) is 29.5. The van der Waals surface area contributed by atoms with Crippen LogP contribution in [0.25, 0.3) is 0 Å². The van der Waals surface area contributed by atoms with Gasteiger partial charge in [-0.1, -0.05) is 82.9 Å². The highest BCUT2D eigenvalue weighted by molar-refractivity contribution is 6.00. The van der Waals surface area contributed by atoms with Crippen molar-refractivity contribution in [2.45, 2.75) is 96.7 Å². The summed E-state index contributed by atoms with van der Waals surface area (Å²) in [5.41, 5.74) is 4.13. The minimum absolute atomic E-state index is 0.0625. The van der Waals surface area contributed by atoms with E-state index in [1.54, 1.807) is 11.2 Å². The molecule has 1 saturated heterocycles. The van der Waals surface area contributed by atoms with Crippen molar-refractivity contribution in [2.24, 2.45) is 0 Å². The summed E-state index contributed by atoms with van der Waals surface area (Å²) in [6.07, 6.45) is 12.2. The Balaban J connectivity index is 0.00000186. The summed E-state index contributed by atoms with van der Waals surface area (Å²) in [7, 11) is 0. The molecule has 1 aromatic rings. The van der Waals surface area contributed by atoms with Gasteiger partial charge in [-0.05, 0) is 44.2 Å². The monoisotopic (exact) mass is 510 g/mol. The number of carbonyl (C=O) groups is 2. The number of fused-ring (bicyclic) bond motifs is 1. The molecule has 2 heterocycles. The number of nitrogens with one attached hydrogen (secondary N) is 2. The van der Waals surface area contributed by atoms with E-state index in [1.165, 1.54) is 12.8 Å². The maximum absolute atomic E-state index is 13.9. The van der Waals surface area contributed by atoms with Gasteiger partial charge >= 0.3 is 0 Å². The second-order valence-electron chi connectivity index (χ2n) is 10.3. The van der Waals surface area contributed by atoms with Crippen molar-refractivity contribution in [3.63, 3.8) is 0 Å². The summed E-state index contributed by atoms with van der Waals surface area (Å²) in [5.74, 6) is -0.0773. The molecule has 1 aliphatic carbocycles. The summed E-state index contributed by atoms with van der Waals surface area (Å²) >= 11 is 0. The average Bonchev–Trinajstić information content (AvgIpc) is 3.14. The molecule has 3 aliphatic rings. The van der Waals surface area contributed by atoms with Gasteiger partial charge in [-0.25, -0.2) is 5.43 Å². The predicted octanol–water partition coefficient (Wildman–Crippen LogP) is 4.88. The van der Waals surface area contributed by atoms with E-state index in [9.17, 15) is 9.59 Å². The van der Waals surface area contributed by atoms with Crippen LogP contribution in [0, 0.1) is 0 Å². The van der Waals surface area contributed by atoms with Crippen LogP contribution in [0.3, 0.4) is 0 Å². The number of benzene rings is 1. The van der Waals surface area contributed by atoms with Crippen molar-refractivity contribution < 1.29 is 14.3 Å². The van der Waals surface area contributed by atoms with Crippen molar-refractivity contribution in [2.75, 3.05) is 19.7 Å². The number of amides is 2. The highest BCUT2D eigenvalue weighted by atomic mass is 16.5. The number of hydrogen-bond donors (Lipinski definition) is 2. The maximum atomic E-state index is 13.9. The smallest absolute Gasteiger partial charge is 0.272 e. The Labute approximate surface area is 223 Å². The fourth-order valence-corrected chi connectivity index (χ4v) is 5.41. The van der Waals surface area contributed by atoms with Crippen LogP contribution < -0.4 is 10.7 Å². The predicted molar refractivity (Wildman–Crippen MR) is 148 cm³/mol. The quantitative estimate of drug-likeness (QED) is 0.385. The number of ether oxygens (including phenoxy) is 1. The van der Waals surface area contributed by atoms with Gasteiger partial charge in [-0.2, -0.15) is 0 Å². The lowest BCUT2D eigenvalue weighted by molar-refractivity contribution is -0.153. The van der Waals surface area contributed by atoms with Crippen molar-refractivity contribution in [1.82, 2.24) is 20.7 Å². The van der Waals surface area contributed by atoms with E-state index in [0.29, 0.717) is 25.4 Å². The zero-order valence-corrected chi connectivity index (χ0v) is 23.3. The Morgan fingerprint density at radius 3 is 2.51 bits per heavy atom. The lowest BCUT2D eigenvalue weighted by Crippen LogP contribution is -2.70. The number of piperazine rings is 1. The average molecular weight is 511 g/mol. The number of nitrogens with zero attached hydrogens (tertiary/aromatic N) is 2. The maximum Gasteiger partial charge on any atom is 0.272 e. The fraction of sp³-hybridized carbons (Fsp3) is 0.600. The normalized spacial score (nSPS) is 25.1. The van der Waals surface area contributed by atoms with Gasteiger partial charge in [0.25, 0.3) is 5.91 Å². The lowest BCUT2D eigenvalue weighted by atomic mass is 9.90. The number of hydrazine groups is 1. The van der Waals surface area contributed by atoms with Gasteiger partial charge in [0.15, 0.2) is 0 Å². The highest BCUT2D eigenvalue weighted by Crippen LogP contribution is 2.33. The minimum Gasteiger partial charge on any atom is -0.500 e. The second kappa shape index (κ2) is 13.7. The van der Waals surface area contributed by atoms with Gasteiger partial charge in [0.2, 0.25) is 5.91 Å². The first-order valence-electron chi connectivity index (χ1n) is 14.1. The van der Waals surface area contributed by atoms with Gasteiger partial charge in [0.1, 0.15) is 17.8 Å². The van der Waals surface area contributed by atoms with E-state index < -0.39 is 5.54 Å². The van der Waals surface area contributed by atoms with Crippen LogP contribution in [0.4, 0.5) is 0 Å². The largest absolute Gasteiger partial charge is 0.500 e. The van der Waals surface area contributed by atoms with Gasteiger partial charge in [0.05, 0.1) is 18.8 Å². The molecule has 2 amide bonds. The summed E-state index contributed by atoms with van der Waals surface area (Å²) < 4.78 is 5.55. The van der Waals surface area contributed by atoms with Crippen LogP contribution >= 0.6 is 0 Å². The molecular weight excluding hydrogens is 464 g/mol. The Hall–Kier alpha value is -2.80. The third-order valence-corrected chi connectivity index (χ3v) is 7.51. The Bertz CT molecular complexity index is 939. The first kappa shape index (κ1) is 28.8. The zero-order chi connectivity index (χ0) is 26.8. The van der Waals surface area contributed by atoms with Crippen molar-refractivity contribution in [1.29, 1.82) is 0 Å². The van der Waals surface area contributed by atoms with Crippen LogP contribution in [0.5, 0.6) is 0 Å². The summed E-state index contributed by atoms with van der Waals surface area (Å²) in [6.45, 7) is 11.2. The van der Waals surface area contributed by atoms with E-state index in [4.69, 9.17) is 4.74 Å². The third-order valence-electron chi connectivity index (χ3n) is 7.51. The van der Waals surface area contributed by atoms with Crippen molar-refractivity contribution in [3.05, 3.63) is 60.0 Å². The van der Waals surface area contributed by atoms with Gasteiger partial charge in [-0.3, -0.25) is 14.6 Å². The van der Waals surface area contributed by atoms with E-state index in [2.05, 4.69) is 29.8 Å². The summed E-state index contributed by atoms with van der Waals surface area (Å²) in [6, 6.07) is 10.3. The molecule has 4 rings (SSSR count). The lowest BCUT2D eigenvalue weighted by Gasteiger charge is -2.48. The fourth-order valence-electron chi connectivity index (χ4n) is 5.41. The molecule has 204 valence electrons. The van der Waals surface area contributed by atoms with Crippen molar-refractivity contribution in [3.8, 4) is 0 Å². The molecule has 1 saturated carbocycles. The van der Waals surface area contributed by atoms with Gasteiger partial charge in [0, 0.05) is 12.6 Å². The van der Waals surface area contributed by atoms with Crippen LogP contribution in [0.1, 0.15) is 84.6 Å². The molecule has 3 atom stereocenters. The molecule has 3 unspecified atom stereocenters. The molecular formula is C30H46N4O3. The van der Waals surface area contributed by atoms with Gasteiger partial charge in [-0.15, -0.1) is 0 Å². The highest BCUT2D eigenvalue weighted by Gasteiger charge is 2.52. The van der Waals surface area contributed by atoms with Crippen LogP contribution in [-0.4, -0.2) is 59.0 Å². The Morgan fingerprint density at radius 1 is 1.19 bits per heavy atom. The summed E-state index contributed by atoms with van der Waals surface area (Å²) in [5, 5.41) is 5.17. The molecule has 1 aromatic carbocycles. The third kappa shape index (κ3) is 6.95. The topological polar surface area (TPSA) is 73.9 Å². The number of rotatable bonds is 8. The van der Waals surface area contributed by atoms with Crippen LogP contribution in [0.15, 0.2) is 54.4 Å². The van der Waals surface area contributed by atoms with Crippen LogP contribution in [-0.2, 0) is 14.3 Å². The Morgan fingerprint density at radius 2 is 1.86 bits per heavy atom. The molecule has 0 bridgehead atoms. The Kier molecular flexibility index (Phi) is 10.6. The first-order chi connectivity index (χ1) is 17.9. The SMILES string of the molecule is C/C=C\OCC1C=C2C(=O)N(CC(C)c3ccccc3)C(C)(C(=O)NC3CCCCCC3)CN2N1.CC. The molecule has 7 nitrogen and oxygen atoms in total. The minimum atomic E-state index is -0.990. The number of allylic oxidation sites excluding steroid dienone is 1. The molecule has 37 heavy (non-hydrogen) atoms. The van der Waals surface area contributed by atoms with Crippen molar-refractivity contribution >= 4 is 11.8 Å². The van der Waals surface area contributed by atoms with E-state index in [-0.39, 0.29) is 29.8 Å². The molecule has 0 spiro atoms. The molecule has 7 heteroatoms. The van der Waals surface area contributed by atoms with E-state index in [1.807, 2.05) is 63.1 Å². The molecule has 0 aromatic heterocycles. The number of hydrogen-bond acceptors (Lipinski definition) is 5. The standard InChI is InChI=1S/C28H40N4O3.C2H6/c1-4-16-35-19-24-17-25-26(33)31(18-21(2)22-12-8-7-9-13-22)28(3,20-32(25)30-24)27(34)29-23-14-10-5-6-11-15-23;1-2/h4,7-9,12-13,16-17,21,23-24,30H,5-6,10-11,14-15,18-20H2,1-3H3,(H,29,34);1-2H3/b16-4-;. The number of carbonyl (C=O) groups excluding carboxylic acids is 2. The molecule has 2 fully saturated rings.